The lowest BCUT2D eigenvalue weighted by Gasteiger charge is -2.26. The van der Waals surface area contributed by atoms with Crippen LogP contribution in [-0.2, 0) is 13.0 Å². The van der Waals surface area contributed by atoms with Gasteiger partial charge < -0.3 is 15.0 Å². The fourth-order valence-corrected chi connectivity index (χ4v) is 2.34. The molecular formula is C13H22N4O. The number of nitrogens with zero attached hydrogens (tertiary/aromatic N) is 3. The maximum Gasteiger partial charge on any atom is 0.318 e. The van der Waals surface area contributed by atoms with E-state index in [2.05, 4.69) is 41.1 Å². The van der Waals surface area contributed by atoms with Crippen LogP contribution in [0.3, 0.4) is 0 Å². The molecule has 0 bridgehead atoms. The lowest BCUT2D eigenvalue weighted by atomic mass is 10.1. The van der Waals surface area contributed by atoms with Gasteiger partial charge in [-0.05, 0) is 5.92 Å². The summed E-state index contributed by atoms with van der Waals surface area (Å²) in [6, 6.07) is 0.473. The molecule has 0 radical (unpaired) electrons. The van der Waals surface area contributed by atoms with E-state index >= 15 is 0 Å². The van der Waals surface area contributed by atoms with Crippen molar-refractivity contribution >= 4 is 5.82 Å². The van der Waals surface area contributed by atoms with Crippen LogP contribution >= 0.6 is 0 Å². The Morgan fingerprint density at radius 1 is 1.39 bits per heavy atom. The molecule has 0 saturated heterocycles. The highest BCUT2D eigenvalue weighted by atomic mass is 16.5. The zero-order valence-electron chi connectivity index (χ0n) is 11.7. The van der Waals surface area contributed by atoms with Crippen molar-refractivity contribution in [3.05, 3.63) is 11.3 Å². The Kier molecular flexibility index (Phi) is 4.01. The summed E-state index contributed by atoms with van der Waals surface area (Å²) >= 11 is 0. The third kappa shape index (κ3) is 2.72. The number of hydrogen-bond donors (Lipinski definition) is 1. The summed E-state index contributed by atoms with van der Waals surface area (Å²) in [5.41, 5.74) is 2.33. The van der Waals surface area contributed by atoms with Crippen molar-refractivity contribution in [3.63, 3.8) is 0 Å². The number of nitrogens with one attached hydrogen (secondary N) is 1. The van der Waals surface area contributed by atoms with Crippen LogP contribution in [0.15, 0.2) is 0 Å². The Hall–Kier alpha value is -1.36. The van der Waals surface area contributed by atoms with Crippen molar-refractivity contribution in [1.29, 1.82) is 0 Å². The van der Waals surface area contributed by atoms with Crippen LogP contribution in [0.1, 0.15) is 25.1 Å². The molecular weight excluding hydrogens is 228 g/mol. The predicted molar refractivity (Wildman–Crippen MR) is 72.1 cm³/mol. The first-order valence-electron chi connectivity index (χ1n) is 6.47. The molecule has 0 fully saturated rings. The van der Waals surface area contributed by atoms with Gasteiger partial charge in [-0.25, -0.2) is 0 Å². The van der Waals surface area contributed by atoms with E-state index in [1.54, 1.807) is 7.11 Å². The second-order valence-corrected chi connectivity index (χ2v) is 5.16. The van der Waals surface area contributed by atoms with Crippen LogP contribution in [0.5, 0.6) is 6.01 Å². The maximum atomic E-state index is 5.21. The number of methoxy groups -OCH3 is 1. The van der Waals surface area contributed by atoms with Gasteiger partial charge in [-0.1, -0.05) is 13.8 Å². The Bertz CT molecular complexity index is 420. The number of rotatable bonds is 4. The van der Waals surface area contributed by atoms with E-state index in [4.69, 9.17) is 4.74 Å². The topological polar surface area (TPSA) is 50.3 Å². The molecule has 1 aromatic heterocycles. The SMILES string of the molecule is COc1nc2c(c(N(C)CC(C)C)n1)CNCC2. The van der Waals surface area contributed by atoms with Crippen LogP contribution in [-0.4, -0.2) is 37.2 Å². The monoisotopic (exact) mass is 250 g/mol. The minimum atomic E-state index is 0.473. The molecule has 5 heteroatoms. The smallest absolute Gasteiger partial charge is 0.318 e. The number of aromatic nitrogens is 2. The summed E-state index contributed by atoms with van der Waals surface area (Å²) in [6.45, 7) is 7.21. The molecule has 1 aliphatic rings. The minimum absolute atomic E-state index is 0.473. The van der Waals surface area contributed by atoms with Gasteiger partial charge in [-0.2, -0.15) is 9.97 Å². The second-order valence-electron chi connectivity index (χ2n) is 5.16. The summed E-state index contributed by atoms with van der Waals surface area (Å²) in [4.78, 5) is 11.2. The Morgan fingerprint density at radius 2 is 2.17 bits per heavy atom. The van der Waals surface area contributed by atoms with Crippen molar-refractivity contribution in [2.75, 3.05) is 32.1 Å². The molecule has 0 amide bonds. The molecule has 0 aliphatic carbocycles. The first kappa shape index (κ1) is 13.1. The maximum absolute atomic E-state index is 5.21. The van der Waals surface area contributed by atoms with Gasteiger partial charge in [0.05, 0.1) is 12.8 Å². The molecule has 0 spiro atoms. The van der Waals surface area contributed by atoms with Crippen LogP contribution in [0, 0.1) is 5.92 Å². The molecule has 100 valence electrons. The third-order valence-electron chi connectivity index (χ3n) is 3.07. The van der Waals surface area contributed by atoms with Crippen molar-refractivity contribution in [2.45, 2.75) is 26.8 Å². The number of ether oxygens (including phenoxy) is 1. The highest BCUT2D eigenvalue weighted by molar-refractivity contribution is 5.50. The van der Waals surface area contributed by atoms with Crippen molar-refractivity contribution in [3.8, 4) is 6.01 Å². The molecule has 5 nitrogen and oxygen atoms in total. The van der Waals surface area contributed by atoms with Gasteiger partial charge in [-0.15, -0.1) is 0 Å². The molecule has 2 rings (SSSR count). The molecule has 1 aromatic rings. The highest BCUT2D eigenvalue weighted by Gasteiger charge is 2.20. The third-order valence-corrected chi connectivity index (χ3v) is 3.07. The van der Waals surface area contributed by atoms with Crippen LogP contribution < -0.4 is 15.0 Å². The van der Waals surface area contributed by atoms with E-state index in [1.165, 1.54) is 5.56 Å². The molecule has 1 N–H and O–H groups in total. The summed E-state index contributed by atoms with van der Waals surface area (Å²) in [5, 5.41) is 3.38. The van der Waals surface area contributed by atoms with E-state index in [0.29, 0.717) is 11.9 Å². The minimum Gasteiger partial charge on any atom is -0.467 e. The standard InChI is InChI=1S/C13H22N4O/c1-9(2)8-17(3)12-10-7-14-6-5-11(10)15-13(16-12)18-4/h9,14H,5-8H2,1-4H3. The van der Waals surface area contributed by atoms with Gasteiger partial charge in [0.2, 0.25) is 0 Å². The van der Waals surface area contributed by atoms with Crippen molar-refractivity contribution in [2.24, 2.45) is 5.92 Å². The fourth-order valence-electron chi connectivity index (χ4n) is 2.34. The van der Waals surface area contributed by atoms with E-state index in [9.17, 15) is 0 Å². The molecule has 1 aliphatic heterocycles. The van der Waals surface area contributed by atoms with Gasteiger partial charge in [-0.3, -0.25) is 0 Å². The molecule has 0 atom stereocenters. The lowest BCUT2D eigenvalue weighted by molar-refractivity contribution is 0.375. The summed E-state index contributed by atoms with van der Waals surface area (Å²) in [7, 11) is 3.70. The highest BCUT2D eigenvalue weighted by Crippen LogP contribution is 2.25. The lowest BCUT2D eigenvalue weighted by Crippen LogP contribution is -2.31. The quantitative estimate of drug-likeness (QED) is 0.871. The van der Waals surface area contributed by atoms with E-state index in [1.807, 2.05) is 0 Å². The second kappa shape index (κ2) is 5.52. The van der Waals surface area contributed by atoms with Crippen LogP contribution in [0.25, 0.3) is 0 Å². The normalized spacial score (nSPS) is 14.5. The largest absolute Gasteiger partial charge is 0.467 e. The van der Waals surface area contributed by atoms with E-state index < -0.39 is 0 Å². The molecule has 0 aromatic carbocycles. The van der Waals surface area contributed by atoms with Crippen molar-refractivity contribution in [1.82, 2.24) is 15.3 Å². The number of anilines is 1. The zero-order valence-corrected chi connectivity index (χ0v) is 11.7. The summed E-state index contributed by atoms with van der Waals surface area (Å²) in [6.07, 6.45) is 0.941. The molecule has 0 unspecified atom stereocenters. The zero-order chi connectivity index (χ0) is 13.1. The predicted octanol–water partition coefficient (Wildman–Crippen LogP) is 1.22. The average molecular weight is 250 g/mol. The summed E-state index contributed by atoms with van der Waals surface area (Å²) in [5.74, 6) is 1.60. The Balaban J connectivity index is 2.37. The van der Waals surface area contributed by atoms with Gasteiger partial charge >= 0.3 is 6.01 Å². The van der Waals surface area contributed by atoms with Crippen LogP contribution in [0.2, 0.25) is 0 Å². The Morgan fingerprint density at radius 3 is 2.83 bits per heavy atom. The van der Waals surface area contributed by atoms with E-state index in [0.717, 1.165) is 37.6 Å². The fraction of sp³-hybridized carbons (Fsp3) is 0.692. The first-order chi connectivity index (χ1) is 8.61. The Labute approximate surface area is 109 Å². The number of fused-ring (bicyclic) bond motifs is 1. The summed E-state index contributed by atoms with van der Waals surface area (Å²) < 4.78 is 5.21. The van der Waals surface area contributed by atoms with Crippen molar-refractivity contribution < 1.29 is 4.74 Å². The van der Waals surface area contributed by atoms with Gasteiger partial charge in [0, 0.05) is 38.7 Å². The van der Waals surface area contributed by atoms with Gasteiger partial charge in [0.15, 0.2) is 0 Å². The number of hydrogen-bond acceptors (Lipinski definition) is 5. The average Bonchev–Trinajstić information content (AvgIpc) is 2.36. The molecule has 0 saturated carbocycles. The first-order valence-corrected chi connectivity index (χ1v) is 6.47. The van der Waals surface area contributed by atoms with Gasteiger partial charge in [0.25, 0.3) is 0 Å². The van der Waals surface area contributed by atoms with Gasteiger partial charge in [0.1, 0.15) is 5.82 Å². The molecule has 2 heterocycles. The van der Waals surface area contributed by atoms with Crippen LogP contribution in [0.4, 0.5) is 5.82 Å². The molecule has 18 heavy (non-hydrogen) atoms. The van der Waals surface area contributed by atoms with E-state index in [-0.39, 0.29) is 0 Å².